The topological polar surface area (TPSA) is 102 Å². The fourth-order valence-electron chi connectivity index (χ4n) is 4.51. The number of nitrogens with zero attached hydrogens (tertiary/aromatic N) is 5. The van der Waals surface area contributed by atoms with Gasteiger partial charge in [0.2, 0.25) is 0 Å². The second-order valence-electron chi connectivity index (χ2n) is 8.24. The zero-order valence-corrected chi connectivity index (χ0v) is 17.5. The molecule has 2 aliphatic rings. The molecular weight excluding hydrogens is 423 g/mol. The maximum absolute atomic E-state index is 13.6. The molecule has 8 nitrogen and oxygen atoms in total. The van der Waals surface area contributed by atoms with E-state index in [1.165, 1.54) is 6.20 Å². The number of nitrogen functional groups attached to an aromatic ring is 1. The van der Waals surface area contributed by atoms with Crippen LogP contribution in [0.5, 0.6) is 0 Å². The third-order valence-electron chi connectivity index (χ3n) is 6.09. The molecule has 2 bridgehead atoms. The standard InChI is InChI=1S/C21H22F3N7O/c1-10-15-7-27-17(31-8-13-5-12(31)9-32-13)6-14(15)20(30-29-10)28-11(2)19-18(21(22,23)24)16(25)3-4-26-19/h3-4,6-7,11-13H,5,8-9H2,1-2H3,(H2,25,26)(H,28,30)/t11?,12-,13-/m1/s1. The molecule has 3 N–H and O–H groups in total. The molecule has 32 heavy (non-hydrogen) atoms. The van der Waals surface area contributed by atoms with Gasteiger partial charge in [-0.1, -0.05) is 0 Å². The van der Waals surface area contributed by atoms with Crippen molar-refractivity contribution >= 4 is 28.1 Å². The number of aryl methyl sites for hydroxylation is 1. The Morgan fingerprint density at radius 1 is 1.25 bits per heavy atom. The van der Waals surface area contributed by atoms with Gasteiger partial charge in [0, 0.05) is 35.4 Å². The van der Waals surface area contributed by atoms with Crippen LogP contribution in [0.2, 0.25) is 0 Å². The first-order chi connectivity index (χ1) is 15.2. The minimum absolute atomic E-state index is 0.198. The number of anilines is 3. The van der Waals surface area contributed by atoms with Gasteiger partial charge in [-0.15, -0.1) is 5.10 Å². The SMILES string of the molecule is Cc1nnc(NC(C)c2nccc(N)c2C(F)(F)F)c2cc(N3C[C@H]4C[C@@H]3CO4)ncc12. The predicted molar refractivity (Wildman–Crippen MR) is 113 cm³/mol. The number of aromatic nitrogens is 4. The Morgan fingerprint density at radius 2 is 2.06 bits per heavy atom. The second kappa shape index (κ2) is 7.44. The van der Waals surface area contributed by atoms with Crippen LogP contribution in [0.4, 0.5) is 30.5 Å². The molecule has 11 heteroatoms. The van der Waals surface area contributed by atoms with E-state index in [4.69, 9.17) is 10.5 Å². The first-order valence-electron chi connectivity index (χ1n) is 10.3. The van der Waals surface area contributed by atoms with Crippen LogP contribution in [0.25, 0.3) is 10.8 Å². The molecule has 3 atom stereocenters. The van der Waals surface area contributed by atoms with Gasteiger partial charge >= 0.3 is 6.18 Å². The van der Waals surface area contributed by atoms with Crippen LogP contribution >= 0.6 is 0 Å². The molecule has 0 aliphatic carbocycles. The molecule has 0 radical (unpaired) electrons. The van der Waals surface area contributed by atoms with Gasteiger partial charge in [-0.3, -0.25) is 4.98 Å². The zero-order chi connectivity index (χ0) is 22.6. The number of morpholine rings is 1. The molecule has 0 spiro atoms. The minimum Gasteiger partial charge on any atom is -0.398 e. The largest absolute Gasteiger partial charge is 0.420 e. The van der Waals surface area contributed by atoms with Gasteiger partial charge in [0.05, 0.1) is 36.2 Å². The zero-order valence-electron chi connectivity index (χ0n) is 17.5. The van der Waals surface area contributed by atoms with Crippen molar-refractivity contribution in [2.24, 2.45) is 0 Å². The fourth-order valence-corrected chi connectivity index (χ4v) is 4.51. The molecule has 3 aromatic heterocycles. The highest BCUT2D eigenvalue weighted by atomic mass is 19.4. The third kappa shape index (κ3) is 3.46. The van der Waals surface area contributed by atoms with E-state index in [9.17, 15) is 13.2 Å². The van der Waals surface area contributed by atoms with Gasteiger partial charge in [0.15, 0.2) is 5.82 Å². The van der Waals surface area contributed by atoms with Crippen molar-refractivity contribution in [1.82, 2.24) is 20.2 Å². The summed E-state index contributed by atoms with van der Waals surface area (Å²) >= 11 is 0. The number of halogens is 3. The molecule has 168 valence electrons. The summed E-state index contributed by atoms with van der Waals surface area (Å²) in [6.07, 6.45) is -0.445. The fraction of sp³-hybridized carbons (Fsp3) is 0.429. The van der Waals surface area contributed by atoms with Gasteiger partial charge < -0.3 is 20.7 Å². The first kappa shape index (κ1) is 20.7. The number of ether oxygens (including phenoxy) is 1. The minimum atomic E-state index is -4.63. The first-order valence-corrected chi connectivity index (χ1v) is 10.3. The smallest absolute Gasteiger partial charge is 0.398 e. The molecule has 5 heterocycles. The van der Waals surface area contributed by atoms with Crippen molar-refractivity contribution in [3.05, 3.63) is 41.5 Å². The average Bonchev–Trinajstić information content (AvgIpc) is 3.38. The summed E-state index contributed by atoms with van der Waals surface area (Å²) in [7, 11) is 0. The summed E-state index contributed by atoms with van der Waals surface area (Å²) in [5, 5.41) is 12.9. The molecule has 0 aromatic carbocycles. The van der Waals surface area contributed by atoms with Crippen LogP contribution in [0.1, 0.15) is 36.3 Å². The Morgan fingerprint density at radius 3 is 2.75 bits per heavy atom. The maximum atomic E-state index is 13.6. The van der Waals surface area contributed by atoms with Gasteiger partial charge in [-0.2, -0.15) is 18.3 Å². The molecular formula is C21H22F3N7O. The highest BCUT2D eigenvalue weighted by molar-refractivity contribution is 5.94. The van der Waals surface area contributed by atoms with E-state index in [0.29, 0.717) is 18.1 Å². The molecule has 2 aliphatic heterocycles. The Bertz CT molecular complexity index is 1190. The van der Waals surface area contributed by atoms with E-state index in [2.05, 4.69) is 30.4 Å². The van der Waals surface area contributed by atoms with E-state index in [0.717, 1.165) is 35.6 Å². The lowest BCUT2D eigenvalue weighted by molar-refractivity contribution is -0.137. The van der Waals surface area contributed by atoms with Crippen molar-refractivity contribution in [2.75, 3.05) is 29.1 Å². The van der Waals surface area contributed by atoms with E-state index in [1.54, 1.807) is 13.1 Å². The number of rotatable bonds is 4. The number of nitrogens with two attached hydrogens (primary N) is 1. The summed E-state index contributed by atoms with van der Waals surface area (Å²) in [6, 6.07) is 2.51. The van der Waals surface area contributed by atoms with Crippen LogP contribution in [-0.2, 0) is 10.9 Å². The molecule has 0 saturated carbocycles. The van der Waals surface area contributed by atoms with E-state index in [1.807, 2.05) is 13.0 Å². The van der Waals surface area contributed by atoms with Crippen molar-refractivity contribution in [2.45, 2.75) is 44.6 Å². The normalized spacial score (nSPS) is 21.3. The monoisotopic (exact) mass is 445 g/mol. The van der Waals surface area contributed by atoms with E-state index < -0.39 is 17.8 Å². The number of hydrogen-bond donors (Lipinski definition) is 2. The van der Waals surface area contributed by atoms with Crippen LogP contribution in [0, 0.1) is 6.92 Å². The van der Waals surface area contributed by atoms with Crippen LogP contribution in [-0.4, -0.2) is 45.5 Å². The average molecular weight is 445 g/mol. The number of pyridine rings is 2. The summed E-state index contributed by atoms with van der Waals surface area (Å²) in [5.74, 6) is 1.15. The lowest BCUT2D eigenvalue weighted by Crippen LogP contribution is -2.37. The summed E-state index contributed by atoms with van der Waals surface area (Å²) < 4.78 is 46.5. The molecule has 1 unspecified atom stereocenters. The quantitative estimate of drug-likeness (QED) is 0.629. The van der Waals surface area contributed by atoms with Crippen LogP contribution in [0.3, 0.4) is 0 Å². The molecule has 3 aromatic rings. The van der Waals surface area contributed by atoms with Crippen molar-refractivity contribution in [3.63, 3.8) is 0 Å². The third-order valence-corrected chi connectivity index (χ3v) is 6.09. The van der Waals surface area contributed by atoms with E-state index >= 15 is 0 Å². The van der Waals surface area contributed by atoms with Crippen molar-refractivity contribution in [1.29, 1.82) is 0 Å². The van der Waals surface area contributed by atoms with Gasteiger partial charge in [-0.05, 0) is 32.4 Å². The Hall–Kier alpha value is -3.21. The van der Waals surface area contributed by atoms with Crippen molar-refractivity contribution in [3.8, 4) is 0 Å². The Kier molecular flexibility index (Phi) is 4.81. The highest BCUT2D eigenvalue weighted by Crippen LogP contribution is 2.39. The molecule has 2 saturated heterocycles. The predicted octanol–water partition coefficient (Wildman–Crippen LogP) is 3.48. The highest BCUT2D eigenvalue weighted by Gasteiger charge is 2.40. The summed E-state index contributed by atoms with van der Waals surface area (Å²) in [6.45, 7) is 4.84. The van der Waals surface area contributed by atoms with Crippen LogP contribution in [0.15, 0.2) is 24.5 Å². The number of hydrogen-bond acceptors (Lipinski definition) is 8. The second-order valence-corrected chi connectivity index (χ2v) is 8.24. The van der Waals surface area contributed by atoms with E-state index in [-0.39, 0.29) is 23.5 Å². The van der Waals surface area contributed by atoms with Gasteiger partial charge in [-0.25, -0.2) is 4.98 Å². The summed E-state index contributed by atoms with van der Waals surface area (Å²) in [4.78, 5) is 10.8. The molecule has 5 rings (SSSR count). The van der Waals surface area contributed by atoms with Gasteiger partial charge in [0.25, 0.3) is 0 Å². The number of alkyl halides is 3. The number of fused-ring (bicyclic) bond motifs is 3. The summed E-state index contributed by atoms with van der Waals surface area (Å²) in [5.41, 5.74) is 4.80. The lowest BCUT2D eigenvalue weighted by atomic mass is 10.1. The maximum Gasteiger partial charge on any atom is 0.420 e. The van der Waals surface area contributed by atoms with Crippen LogP contribution < -0.4 is 16.0 Å². The molecule has 0 amide bonds. The lowest BCUT2D eigenvalue weighted by Gasteiger charge is -2.28. The number of nitrogens with one attached hydrogen (secondary N) is 1. The molecule has 2 fully saturated rings. The Labute approximate surface area is 182 Å². The Balaban J connectivity index is 1.53. The van der Waals surface area contributed by atoms with Crippen molar-refractivity contribution < 1.29 is 17.9 Å². The van der Waals surface area contributed by atoms with Gasteiger partial charge in [0.1, 0.15) is 11.4 Å².